The number of amides is 2. The minimum Gasteiger partial charge on any atom is -0.343 e. The summed E-state index contributed by atoms with van der Waals surface area (Å²) in [6.07, 6.45) is 5.15. The smallest absolute Gasteiger partial charge is 0.244 e. The summed E-state index contributed by atoms with van der Waals surface area (Å²) in [7, 11) is 0. The van der Waals surface area contributed by atoms with Gasteiger partial charge in [0.15, 0.2) is 0 Å². The van der Waals surface area contributed by atoms with Crippen molar-refractivity contribution in [3.8, 4) is 0 Å². The average molecular weight is 306 g/mol. The van der Waals surface area contributed by atoms with Gasteiger partial charge in [-0.1, -0.05) is 0 Å². The number of aromatic nitrogens is 2. The van der Waals surface area contributed by atoms with Gasteiger partial charge >= 0.3 is 0 Å². The Morgan fingerprint density at radius 1 is 1.27 bits per heavy atom. The summed E-state index contributed by atoms with van der Waals surface area (Å²) in [6.45, 7) is 9.09. The zero-order valence-corrected chi connectivity index (χ0v) is 13.8. The second kappa shape index (κ2) is 7.42. The van der Waals surface area contributed by atoms with Crippen molar-refractivity contribution in [3.63, 3.8) is 0 Å². The van der Waals surface area contributed by atoms with Crippen LogP contribution in [-0.2, 0) is 16.1 Å². The molecule has 0 N–H and O–H groups in total. The number of hydrogen-bond acceptors (Lipinski definition) is 3. The largest absolute Gasteiger partial charge is 0.343 e. The lowest BCUT2D eigenvalue weighted by molar-refractivity contribution is -0.140. The number of carbonyl (C=O) groups is 2. The number of carbonyl (C=O) groups excluding carboxylic acids is 2. The van der Waals surface area contributed by atoms with E-state index in [1.807, 2.05) is 36.8 Å². The van der Waals surface area contributed by atoms with Gasteiger partial charge < -0.3 is 9.80 Å². The van der Waals surface area contributed by atoms with Crippen molar-refractivity contribution in [1.82, 2.24) is 19.6 Å². The molecule has 0 unspecified atom stereocenters. The molecular formula is C16H26N4O2. The standard InChI is InChI=1S/C16H26N4O2/c1-4-18(5-2)16(22)14-6-8-19(9-7-14)15(21)12-20-11-13(3)10-17-20/h10-11,14H,4-9,12H2,1-3H3. The van der Waals surface area contributed by atoms with E-state index < -0.39 is 0 Å². The number of aryl methyl sites for hydroxylation is 1. The highest BCUT2D eigenvalue weighted by Gasteiger charge is 2.29. The molecule has 0 bridgehead atoms. The molecule has 1 aliphatic rings. The minimum atomic E-state index is 0.0656. The van der Waals surface area contributed by atoms with Crippen LogP contribution in [0.15, 0.2) is 12.4 Å². The normalized spacial score (nSPS) is 15.9. The van der Waals surface area contributed by atoms with Crippen LogP contribution in [-0.4, -0.2) is 57.6 Å². The van der Waals surface area contributed by atoms with Crippen LogP contribution >= 0.6 is 0 Å². The van der Waals surface area contributed by atoms with Crippen molar-refractivity contribution in [2.24, 2.45) is 5.92 Å². The van der Waals surface area contributed by atoms with Crippen molar-refractivity contribution >= 4 is 11.8 Å². The van der Waals surface area contributed by atoms with Gasteiger partial charge in [0.1, 0.15) is 6.54 Å². The van der Waals surface area contributed by atoms with Gasteiger partial charge in [-0.15, -0.1) is 0 Å². The van der Waals surface area contributed by atoms with Crippen LogP contribution in [0.2, 0.25) is 0 Å². The quantitative estimate of drug-likeness (QED) is 0.824. The molecule has 0 aromatic carbocycles. The van der Waals surface area contributed by atoms with E-state index in [0.29, 0.717) is 13.1 Å². The molecular weight excluding hydrogens is 280 g/mol. The molecule has 1 aromatic rings. The maximum absolute atomic E-state index is 12.3. The lowest BCUT2D eigenvalue weighted by Crippen LogP contribution is -2.45. The Morgan fingerprint density at radius 3 is 2.41 bits per heavy atom. The lowest BCUT2D eigenvalue weighted by Gasteiger charge is -2.33. The molecule has 2 amide bonds. The first kappa shape index (κ1) is 16.5. The Kier molecular flexibility index (Phi) is 5.57. The minimum absolute atomic E-state index is 0.0656. The molecule has 22 heavy (non-hydrogen) atoms. The van der Waals surface area contributed by atoms with Crippen molar-refractivity contribution in [3.05, 3.63) is 18.0 Å². The summed E-state index contributed by atoms with van der Waals surface area (Å²) in [6, 6.07) is 0. The zero-order chi connectivity index (χ0) is 16.1. The third-order valence-corrected chi connectivity index (χ3v) is 4.33. The van der Waals surface area contributed by atoms with Crippen molar-refractivity contribution < 1.29 is 9.59 Å². The van der Waals surface area contributed by atoms with E-state index in [-0.39, 0.29) is 24.3 Å². The van der Waals surface area contributed by atoms with Gasteiger partial charge in [-0.2, -0.15) is 5.10 Å². The molecule has 0 atom stereocenters. The first-order valence-corrected chi connectivity index (χ1v) is 8.10. The Hall–Kier alpha value is -1.85. The molecule has 0 radical (unpaired) electrons. The highest BCUT2D eigenvalue weighted by Crippen LogP contribution is 2.20. The molecule has 0 spiro atoms. The molecule has 1 aliphatic heterocycles. The van der Waals surface area contributed by atoms with Gasteiger partial charge in [-0.05, 0) is 39.2 Å². The second-order valence-electron chi connectivity index (χ2n) is 5.88. The lowest BCUT2D eigenvalue weighted by atomic mass is 9.95. The van der Waals surface area contributed by atoms with Crippen LogP contribution in [0.5, 0.6) is 0 Å². The van der Waals surface area contributed by atoms with E-state index >= 15 is 0 Å². The summed E-state index contributed by atoms with van der Waals surface area (Å²) in [5, 5.41) is 4.15. The molecule has 0 saturated carbocycles. The van der Waals surface area contributed by atoms with E-state index in [9.17, 15) is 9.59 Å². The van der Waals surface area contributed by atoms with Crippen LogP contribution in [0.25, 0.3) is 0 Å². The van der Waals surface area contributed by atoms with Gasteiger partial charge in [0.05, 0.1) is 6.20 Å². The third-order valence-electron chi connectivity index (χ3n) is 4.33. The Bertz CT molecular complexity index is 514. The van der Waals surface area contributed by atoms with Gasteiger partial charge in [0.2, 0.25) is 11.8 Å². The van der Waals surface area contributed by atoms with Crippen LogP contribution in [0, 0.1) is 12.8 Å². The molecule has 1 aromatic heterocycles. The Morgan fingerprint density at radius 2 is 1.91 bits per heavy atom. The number of piperidine rings is 1. The number of likely N-dealkylation sites (tertiary alicyclic amines) is 1. The zero-order valence-electron chi connectivity index (χ0n) is 13.8. The van der Waals surface area contributed by atoms with Gasteiger partial charge in [0, 0.05) is 38.3 Å². The highest BCUT2D eigenvalue weighted by atomic mass is 16.2. The summed E-state index contributed by atoms with van der Waals surface area (Å²) >= 11 is 0. The molecule has 2 heterocycles. The molecule has 2 rings (SSSR count). The maximum Gasteiger partial charge on any atom is 0.244 e. The first-order chi connectivity index (χ1) is 10.5. The van der Waals surface area contributed by atoms with Crippen LogP contribution in [0.1, 0.15) is 32.3 Å². The summed E-state index contributed by atoms with van der Waals surface area (Å²) in [5.74, 6) is 0.382. The molecule has 1 fully saturated rings. The summed E-state index contributed by atoms with van der Waals surface area (Å²) in [5.41, 5.74) is 1.05. The average Bonchev–Trinajstić information content (AvgIpc) is 2.93. The molecule has 6 nitrogen and oxygen atoms in total. The summed E-state index contributed by atoms with van der Waals surface area (Å²) in [4.78, 5) is 28.3. The molecule has 1 saturated heterocycles. The maximum atomic E-state index is 12.3. The van der Waals surface area contributed by atoms with E-state index in [4.69, 9.17) is 0 Å². The first-order valence-electron chi connectivity index (χ1n) is 8.10. The summed E-state index contributed by atoms with van der Waals surface area (Å²) < 4.78 is 1.67. The fourth-order valence-corrected chi connectivity index (χ4v) is 2.96. The number of nitrogens with zero attached hydrogens (tertiary/aromatic N) is 4. The predicted octanol–water partition coefficient (Wildman–Crippen LogP) is 1.30. The highest BCUT2D eigenvalue weighted by molar-refractivity contribution is 5.80. The monoisotopic (exact) mass is 306 g/mol. The Balaban J connectivity index is 1.83. The van der Waals surface area contributed by atoms with E-state index in [1.54, 1.807) is 10.9 Å². The van der Waals surface area contributed by atoms with E-state index in [2.05, 4.69) is 5.10 Å². The third kappa shape index (κ3) is 3.87. The SMILES string of the molecule is CCN(CC)C(=O)C1CCN(C(=O)Cn2cc(C)cn2)CC1. The molecule has 122 valence electrons. The molecule has 0 aliphatic carbocycles. The van der Waals surface area contributed by atoms with E-state index in [0.717, 1.165) is 31.5 Å². The Labute approximate surface area is 132 Å². The van der Waals surface area contributed by atoms with Crippen molar-refractivity contribution in [2.45, 2.75) is 40.2 Å². The number of rotatable bonds is 5. The van der Waals surface area contributed by atoms with Crippen LogP contribution in [0.3, 0.4) is 0 Å². The molecule has 6 heteroatoms. The van der Waals surface area contributed by atoms with Crippen LogP contribution in [0.4, 0.5) is 0 Å². The fraction of sp³-hybridized carbons (Fsp3) is 0.688. The van der Waals surface area contributed by atoms with Gasteiger partial charge in [0.25, 0.3) is 0 Å². The topological polar surface area (TPSA) is 58.4 Å². The van der Waals surface area contributed by atoms with Crippen LogP contribution < -0.4 is 0 Å². The van der Waals surface area contributed by atoms with Crippen molar-refractivity contribution in [1.29, 1.82) is 0 Å². The van der Waals surface area contributed by atoms with Crippen molar-refractivity contribution in [2.75, 3.05) is 26.2 Å². The fourth-order valence-electron chi connectivity index (χ4n) is 2.96. The second-order valence-corrected chi connectivity index (χ2v) is 5.88. The van der Waals surface area contributed by atoms with E-state index in [1.165, 1.54) is 0 Å². The number of hydrogen-bond donors (Lipinski definition) is 0. The van der Waals surface area contributed by atoms with Gasteiger partial charge in [-0.25, -0.2) is 0 Å². The van der Waals surface area contributed by atoms with Gasteiger partial charge in [-0.3, -0.25) is 14.3 Å². The predicted molar refractivity (Wildman–Crippen MR) is 84.2 cm³/mol.